The van der Waals surface area contributed by atoms with Crippen LogP contribution in [0.15, 0.2) is 16.7 Å². The van der Waals surface area contributed by atoms with Gasteiger partial charge in [-0.3, -0.25) is 0 Å². The molecule has 0 unspecified atom stereocenters. The second-order valence-corrected chi connectivity index (χ2v) is 4.92. The standard InChI is InChI=1S/C12H11Cl2F2N3O2/c13-6-3-7(11(17)8(14)4-6)12-18-10(19-21-12)1-2-20-5-9(15)16/h3-4,9H,1-2,5,17H2. The summed E-state index contributed by atoms with van der Waals surface area (Å²) < 4.78 is 33.6. The lowest BCUT2D eigenvalue weighted by atomic mass is 10.2. The minimum absolute atomic E-state index is 0.0646. The first-order valence-corrected chi connectivity index (χ1v) is 6.66. The van der Waals surface area contributed by atoms with Gasteiger partial charge < -0.3 is 15.0 Å². The molecule has 0 aliphatic heterocycles. The maximum Gasteiger partial charge on any atom is 0.261 e. The van der Waals surface area contributed by atoms with Gasteiger partial charge in [-0.15, -0.1) is 0 Å². The number of nitrogens with two attached hydrogens (primary N) is 1. The minimum Gasteiger partial charge on any atom is -0.397 e. The van der Waals surface area contributed by atoms with E-state index in [1.165, 1.54) is 6.07 Å². The van der Waals surface area contributed by atoms with Gasteiger partial charge in [-0.25, -0.2) is 8.78 Å². The molecule has 0 aliphatic rings. The molecule has 0 spiro atoms. The second kappa shape index (κ2) is 7.02. The van der Waals surface area contributed by atoms with Crippen LogP contribution in [0.3, 0.4) is 0 Å². The summed E-state index contributed by atoms with van der Waals surface area (Å²) in [5.74, 6) is 0.468. The molecule has 21 heavy (non-hydrogen) atoms. The SMILES string of the molecule is Nc1c(Cl)cc(Cl)cc1-c1nc(CCOCC(F)F)no1. The van der Waals surface area contributed by atoms with Crippen molar-refractivity contribution in [2.45, 2.75) is 12.8 Å². The molecule has 2 rings (SSSR count). The molecule has 0 saturated heterocycles. The molecule has 0 amide bonds. The van der Waals surface area contributed by atoms with Crippen LogP contribution in [0.2, 0.25) is 10.0 Å². The van der Waals surface area contributed by atoms with Crippen LogP contribution in [-0.4, -0.2) is 29.8 Å². The first kappa shape index (κ1) is 15.9. The fourth-order valence-corrected chi connectivity index (χ4v) is 2.06. The van der Waals surface area contributed by atoms with Crippen LogP contribution >= 0.6 is 23.2 Å². The average Bonchev–Trinajstić information content (AvgIpc) is 2.87. The Balaban J connectivity index is 2.06. The van der Waals surface area contributed by atoms with Crippen molar-refractivity contribution in [3.05, 3.63) is 28.0 Å². The Bertz CT molecular complexity index is 623. The maximum absolute atomic E-state index is 11.9. The zero-order chi connectivity index (χ0) is 15.4. The van der Waals surface area contributed by atoms with E-state index in [1.54, 1.807) is 6.07 Å². The smallest absolute Gasteiger partial charge is 0.261 e. The van der Waals surface area contributed by atoms with E-state index >= 15 is 0 Å². The monoisotopic (exact) mass is 337 g/mol. The molecule has 114 valence electrons. The number of benzene rings is 1. The number of hydrogen-bond acceptors (Lipinski definition) is 5. The molecule has 2 aromatic rings. The van der Waals surface area contributed by atoms with Crippen LogP contribution in [0.5, 0.6) is 0 Å². The number of anilines is 1. The number of nitrogens with zero attached hydrogens (tertiary/aromatic N) is 2. The molecule has 0 saturated carbocycles. The Hall–Kier alpha value is -1.44. The van der Waals surface area contributed by atoms with E-state index in [1.807, 2.05) is 0 Å². The molecule has 0 aliphatic carbocycles. The van der Waals surface area contributed by atoms with Gasteiger partial charge in [-0.1, -0.05) is 28.4 Å². The highest BCUT2D eigenvalue weighted by atomic mass is 35.5. The van der Waals surface area contributed by atoms with E-state index in [4.69, 9.17) is 38.2 Å². The van der Waals surface area contributed by atoms with Crippen molar-refractivity contribution in [1.82, 2.24) is 10.1 Å². The van der Waals surface area contributed by atoms with Crippen LogP contribution in [0.4, 0.5) is 14.5 Å². The number of hydrogen-bond donors (Lipinski definition) is 1. The van der Waals surface area contributed by atoms with Crippen molar-refractivity contribution in [3.63, 3.8) is 0 Å². The third-order valence-electron chi connectivity index (χ3n) is 2.51. The molecular weight excluding hydrogens is 327 g/mol. The molecule has 1 aromatic heterocycles. The molecule has 0 atom stereocenters. The van der Waals surface area contributed by atoms with E-state index in [2.05, 4.69) is 10.1 Å². The molecular formula is C12H11Cl2F2N3O2. The molecule has 0 radical (unpaired) electrons. The normalized spacial score (nSPS) is 11.3. The highest BCUT2D eigenvalue weighted by Crippen LogP contribution is 2.33. The van der Waals surface area contributed by atoms with Crippen molar-refractivity contribution in [1.29, 1.82) is 0 Å². The lowest BCUT2D eigenvalue weighted by Crippen LogP contribution is -2.07. The van der Waals surface area contributed by atoms with Gasteiger partial charge >= 0.3 is 0 Å². The first-order chi connectivity index (χ1) is 9.97. The molecule has 5 nitrogen and oxygen atoms in total. The van der Waals surface area contributed by atoms with Gasteiger partial charge in [0.25, 0.3) is 12.3 Å². The van der Waals surface area contributed by atoms with Crippen LogP contribution in [0.25, 0.3) is 11.5 Å². The molecule has 1 heterocycles. The highest BCUT2D eigenvalue weighted by molar-refractivity contribution is 6.37. The minimum atomic E-state index is -2.50. The third kappa shape index (κ3) is 4.26. The summed E-state index contributed by atoms with van der Waals surface area (Å²) in [5.41, 5.74) is 6.51. The molecule has 9 heteroatoms. The van der Waals surface area contributed by atoms with Gasteiger partial charge in [0.15, 0.2) is 5.82 Å². The van der Waals surface area contributed by atoms with E-state index in [0.717, 1.165) is 0 Å². The summed E-state index contributed by atoms with van der Waals surface area (Å²) in [4.78, 5) is 4.10. The Morgan fingerprint density at radius 2 is 2.10 bits per heavy atom. The number of alkyl halides is 2. The van der Waals surface area contributed by atoms with Gasteiger partial charge in [-0.2, -0.15) is 4.98 Å². The second-order valence-electron chi connectivity index (χ2n) is 4.08. The van der Waals surface area contributed by atoms with Gasteiger partial charge in [0.2, 0.25) is 0 Å². The lowest BCUT2D eigenvalue weighted by Gasteiger charge is -2.03. The summed E-state index contributed by atoms with van der Waals surface area (Å²) >= 11 is 11.8. The summed E-state index contributed by atoms with van der Waals surface area (Å²) in [5, 5.41) is 4.37. The van der Waals surface area contributed by atoms with Crippen molar-refractivity contribution >= 4 is 28.9 Å². The Morgan fingerprint density at radius 3 is 2.81 bits per heavy atom. The predicted octanol–water partition coefficient (Wildman–Crippen LogP) is 3.45. The Morgan fingerprint density at radius 1 is 1.33 bits per heavy atom. The third-order valence-corrected chi connectivity index (χ3v) is 3.04. The number of nitrogen functional groups attached to an aromatic ring is 1. The van der Waals surface area contributed by atoms with Crippen molar-refractivity contribution in [2.75, 3.05) is 18.9 Å². The number of aromatic nitrogens is 2. The van der Waals surface area contributed by atoms with Crippen LogP contribution in [-0.2, 0) is 11.2 Å². The molecule has 0 bridgehead atoms. The van der Waals surface area contributed by atoms with E-state index in [0.29, 0.717) is 16.4 Å². The Kier molecular flexibility index (Phi) is 5.33. The summed E-state index contributed by atoms with van der Waals surface area (Å²) in [7, 11) is 0. The zero-order valence-corrected chi connectivity index (χ0v) is 12.2. The van der Waals surface area contributed by atoms with Crippen LogP contribution < -0.4 is 5.73 Å². The first-order valence-electron chi connectivity index (χ1n) is 5.90. The maximum atomic E-state index is 11.9. The molecule has 1 aromatic carbocycles. The Labute approximate surface area is 129 Å². The summed E-state index contributed by atoms with van der Waals surface area (Å²) in [6.45, 7) is -0.559. The quantitative estimate of drug-likeness (QED) is 0.645. The van der Waals surface area contributed by atoms with Gasteiger partial charge in [0.05, 0.1) is 22.9 Å². The molecule has 2 N–H and O–H groups in total. The van der Waals surface area contributed by atoms with Crippen molar-refractivity contribution in [2.24, 2.45) is 0 Å². The number of halogens is 4. The summed E-state index contributed by atoms with van der Waals surface area (Å²) in [6, 6.07) is 3.05. The van der Waals surface area contributed by atoms with E-state index < -0.39 is 13.0 Å². The topological polar surface area (TPSA) is 74.2 Å². The van der Waals surface area contributed by atoms with Crippen LogP contribution in [0.1, 0.15) is 5.82 Å². The van der Waals surface area contributed by atoms with Crippen LogP contribution in [0, 0.1) is 0 Å². The fraction of sp³-hybridized carbons (Fsp3) is 0.333. The summed E-state index contributed by atoms with van der Waals surface area (Å²) in [6.07, 6.45) is -2.26. The lowest BCUT2D eigenvalue weighted by molar-refractivity contribution is 0.0182. The predicted molar refractivity (Wildman–Crippen MR) is 74.7 cm³/mol. The zero-order valence-electron chi connectivity index (χ0n) is 10.7. The van der Waals surface area contributed by atoms with E-state index in [-0.39, 0.29) is 29.6 Å². The number of ether oxygens (including phenoxy) is 1. The largest absolute Gasteiger partial charge is 0.397 e. The van der Waals surface area contributed by atoms with Crippen molar-refractivity contribution in [3.8, 4) is 11.5 Å². The molecule has 0 fully saturated rings. The van der Waals surface area contributed by atoms with Crippen molar-refractivity contribution < 1.29 is 18.0 Å². The van der Waals surface area contributed by atoms with Gasteiger partial charge in [-0.05, 0) is 12.1 Å². The fourth-order valence-electron chi connectivity index (χ4n) is 1.56. The average molecular weight is 338 g/mol. The number of rotatable bonds is 6. The van der Waals surface area contributed by atoms with E-state index in [9.17, 15) is 8.78 Å². The van der Waals surface area contributed by atoms with Gasteiger partial charge in [0.1, 0.15) is 6.61 Å². The highest BCUT2D eigenvalue weighted by Gasteiger charge is 2.15. The van der Waals surface area contributed by atoms with Gasteiger partial charge in [0, 0.05) is 11.4 Å².